The molecule has 0 aliphatic heterocycles. The molecular formula is C14H28O. The topological polar surface area (TPSA) is 20.2 Å². The Labute approximate surface area is 95.3 Å². The fraction of sp³-hybridized carbons (Fsp3) is 1.00. The zero-order valence-corrected chi connectivity index (χ0v) is 10.7. The monoisotopic (exact) mass is 212 g/mol. The maximum Gasteiger partial charge on any atom is 0.0563 e. The molecule has 1 atom stereocenters. The maximum absolute atomic E-state index is 9.76. The number of rotatable bonds is 5. The zero-order valence-electron chi connectivity index (χ0n) is 10.7. The first kappa shape index (κ1) is 13.0. The average Bonchev–Trinajstić information content (AvgIpc) is 2.26. The van der Waals surface area contributed by atoms with Gasteiger partial charge in [0.1, 0.15) is 0 Å². The molecule has 1 aliphatic carbocycles. The van der Waals surface area contributed by atoms with Gasteiger partial charge >= 0.3 is 0 Å². The summed E-state index contributed by atoms with van der Waals surface area (Å²) in [5.41, 5.74) is 0. The molecule has 1 fully saturated rings. The van der Waals surface area contributed by atoms with Gasteiger partial charge in [0.25, 0.3) is 0 Å². The van der Waals surface area contributed by atoms with E-state index in [1.54, 1.807) is 0 Å². The third-order valence-electron chi connectivity index (χ3n) is 4.18. The summed E-state index contributed by atoms with van der Waals surface area (Å²) in [4.78, 5) is 0. The summed E-state index contributed by atoms with van der Waals surface area (Å²) in [5.74, 6) is 2.33. The Hall–Kier alpha value is -0.0400. The van der Waals surface area contributed by atoms with Gasteiger partial charge in [-0.2, -0.15) is 0 Å². The molecule has 0 aromatic carbocycles. The van der Waals surface area contributed by atoms with Gasteiger partial charge in [0, 0.05) is 0 Å². The van der Waals surface area contributed by atoms with Crippen molar-refractivity contribution < 1.29 is 5.11 Å². The van der Waals surface area contributed by atoms with E-state index < -0.39 is 0 Å². The first-order valence-corrected chi connectivity index (χ1v) is 6.81. The molecule has 1 aliphatic rings. The lowest BCUT2D eigenvalue weighted by Gasteiger charge is -2.28. The van der Waals surface area contributed by atoms with Crippen LogP contribution in [0.25, 0.3) is 0 Å². The van der Waals surface area contributed by atoms with Crippen molar-refractivity contribution in [2.75, 3.05) is 0 Å². The molecule has 0 radical (unpaired) electrons. The summed E-state index contributed by atoms with van der Waals surface area (Å²) < 4.78 is 0. The Balaban J connectivity index is 2.13. The minimum atomic E-state index is -0.0751. The highest BCUT2D eigenvalue weighted by Crippen LogP contribution is 2.33. The van der Waals surface area contributed by atoms with Crippen LogP contribution in [-0.4, -0.2) is 11.2 Å². The van der Waals surface area contributed by atoms with Crippen molar-refractivity contribution in [3.05, 3.63) is 0 Å². The maximum atomic E-state index is 9.76. The fourth-order valence-electron chi connectivity index (χ4n) is 2.67. The third-order valence-corrected chi connectivity index (χ3v) is 4.18. The van der Waals surface area contributed by atoms with Crippen molar-refractivity contribution in [3.63, 3.8) is 0 Å². The molecule has 1 nitrogen and oxygen atoms in total. The second kappa shape index (κ2) is 6.52. The minimum Gasteiger partial charge on any atom is -0.393 e. The summed E-state index contributed by atoms with van der Waals surface area (Å²) in [6.07, 6.45) is 9.22. The largest absolute Gasteiger partial charge is 0.393 e. The Morgan fingerprint density at radius 2 is 1.60 bits per heavy atom. The van der Waals surface area contributed by atoms with E-state index in [9.17, 15) is 5.11 Å². The highest BCUT2D eigenvalue weighted by atomic mass is 16.3. The van der Waals surface area contributed by atoms with E-state index in [0.717, 1.165) is 18.3 Å². The van der Waals surface area contributed by atoms with Crippen LogP contribution >= 0.6 is 0 Å². The standard InChI is InChI=1S/C14H28O/c1-4-12-5-7-13(8-6-12)9-10-14(15)11(2)3/h11-15H,4-10H2,1-3H3. The quantitative estimate of drug-likeness (QED) is 0.730. The SMILES string of the molecule is CCC1CCC(CCC(O)C(C)C)CC1. The number of hydrogen-bond donors (Lipinski definition) is 1. The van der Waals surface area contributed by atoms with Gasteiger partial charge in [-0.15, -0.1) is 0 Å². The molecule has 0 bridgehead atoms. The second-order valence-electron chi connectivity index (χ2n) is 5.68. The van der Waals surface area contributed by atoms with Crippen molar-refractivity contribution in [3.8, 4) is 0 Å². The lowest BCUT2D eigenvalue weighted by molar-refractivity contribution is 0.103. The van der Waals surface area contributed by atoms with Crippen molar-refractivity contribution in [2.24, 2.45) is 17.8 Å². The first-order valence-electron chi connectivity index (χ1n) is 6.81. The van der Waals surface area contributed by atoms with E-state index in [0.29, 0.717) is 5.92 Å². The van der Waals surface area contributed by atoms with Crippen LogP contribution in [0.2, 0.25) is 0 Å². The van der Waals surface area contributed by atoms with Crippen LogP contribution in [0.1, 0.15) is 65.7 Å². The number of aliphatic hydroxyl groups is 1. The number of hydrogen-bond acceptors (Lipinski definition) is 1. The molecule has 1 unspecified atom stereocenters. The Bertz CT molecular complexity index is 157. The molecule has 0 spiro atoms. The summed E-state index contributed by atoms with van der Waals surface area (Å²) in [7, 11) is 0. The van der Waals surface area contributed by atoms with Crippen molar-refractivity contribution in [2.45, 2.75) is 71.8 Å². The van der Waals surface area contributed by atoms with E-state index in [1.807, 2.05) is 0 Å². The minimum absolute atomic E-state index is 0.0751. The highest BCUT2D eigenvalue weighted by molar-refractivity contribution is 4.73. The van der Waals surface area contributed by atoms with E-state index >= 15 is 0 Å². The van der Waals surface area contributed by atoms with Crippen LogP contribution in [0.5, 0.6) is 0 Å². The molecular weight excluding hydrogens is 184 g/mol. The second-order valence-corrected chi connectivity index (χ2v) is 5.68. The molecule has 1 saturated carbocycles. The van der Waals surface area contributed by atoms with Gasteiger partial charge in [0.2, 0.25) is 0 Å². The van der Waals surface area contributed by atoms with Crippen molar-refractivity contribution >= 4 is 0 Å². The van der Waals surface area contributed by atoms with Gasteiger partial charge in [-0.3, -0.25) is 0 Å². The lowest BCUT2D eigenvalue weighted by Crippen LogP contribution is -2.19. The molecule has 1 N–H and O–H groups in total. The predicted octanol–water partition coefficient (Wildman–Crippen LogP) is 4.00. The molecule has 0 aromatic rings. The summed E-state index contributed by atoms with van der Waals surface area (Å²) in [6.45, 7) is 6.53. The molecule has 1 rings (SSSR count). The van der Waals surface area contributed by atoms with E-state index in [1.165, 1.54) is 38.5 Å². The van der Waals surface area contributed by atoms with Crippen LogP contribution < -0.4 is 0 Å². The molecule has 0 amide bonds. The average molecular weight is 212 g/mol. The van der Waals surface area contributed by atoms with Crippen molar-refractivity contribution in [1.29, 1.82) is 0 Å². The van der Waals surface area contributed by atoms with Crippen LogP contribution in [0.4, 0.5) is 0 Å². The van der Waals surface area contributed by atoms with Gasteiger partial charge in [-0.1, -0.05) is 52.9 Å². The van der Waals surface area contributed by atoms with Crippen LogP contribution in [0.3, 0.4) is 0 Å². The molecule has 0 saturated heterocycles. The van der Waals surface area contributed by atoms with Crippen LogP contribution in [0, 0.1) is 17.8 Å². The van der Waals surface area contributed by atoms with Gasteiger partial charge in [-0.05, 0) is 30.6 Å². The van der Waals surface area contributed by atoms with Gasteiger partial charge < -0.3 is 5.11 Å². The molecule has 0 aromatic heterocycles. The third kappa shape index (κ3) is 4.55. The Morgan fingerprint density at radius 3 is 2.07 bits per heavy atom. The van der Waals surface area contributed by atoms with Crippen LogP contribution in [-0.2, 0) is 0 Å². The van der Waals surface area contributed by atoms with E-state index in [2.05, 4.69) is 20.8 Å². The van der Waals surface area contributed by atoms with E-state index in [-0.39, 0.29) is 6.10 Å². The predicted molar refractivity (Wildman–Crippen MR) is 65.8 cm³/mol. The highest BCUT2D eigenvalue weighted by Gasteiger charge is 2.21. The fourth-order valence-corrected chi connectivity index (χ4v) is 2.67. The van der Waals surface area contributed by atoms with Gasteiger partial charge in [-0.25, -0.2) is 0 Å². The Kier molecular flexibility index (Phi) is 5.66. The van der Waals surface area contributed by atoms with Gasteiger partial charge in [0.15, 0.2) is 0 Å². The van der Waals surface area contributed by atoms with E-state index in [4.69, 9.17) is 0 Å². The molecule has 15 heavy (non-hydrogen) atoms. The van der Waals surface area contributed by atoms with Crippen LogP contribution in [0.15, 0.2) is 0 Å². The lowest BCUT2D eigenvalue weighted by atomic mass is 9.78. The smallest absolute Gasteiger partial charge is 0.0563 e. The first-order chi connectivity index (χ1) is 7.13. The summed E-state index contributed by atoms with van der Waals surface area (Å²) >= 11 is 0. The zero-order chi connectivity index (χ0) is 11.3. The normalized spacial score (nSPS) is 29.4. The molecule has 1 heteroatoms. The number of aliphatic hydroxyl groups excluding tert-OH is 1. The van der Waals surface area contributed by atoms with Crippen molar-refractivity contribution in [1.82, 2.24) is 0 Å². The van der Waals surface area contributed by atoms with Gasteiger partial charge in [0.05, 0.1) is 6.10 Å². The summed E-state index contributed by atoms with van der Waals surface area (Å²) in [5, 5.41) is 9.76. The summed E-state index contributed by atoms with van der Waals surface area (Å²) in [6, 6.07) is 0. The Morgan fingerprint density at radius 1 is 1.07 bits per heavy atom. The molecule has 0 heterocycles. The molecule has 90 valence electrons.